The Kier molecular flexibility index (Phi) is 6.98. The minimum atomic E-state index is -0.475. The molecule has 1 aliphatic carbocycles. The van der Waals surface area contributed by atoms with Crippen LogP contribution in [0.2, 0.25) is 0 Å². The molecule has 2 aromatic heterocycles. The Bertz CT molecular complexity index is 1120. The first-order chi connectivity index (χ1) is 15.9. The van der Waals surface area contributed by atoms with Gasteiger partial charge >= 0.3 is 6.09 Å². The Morgan fingerprint density at radius 3 is 2.85 bits per heavy atom. The van der Waals surface area contributed by atoms with Gasteiger partial charge in [-0.2, -0.15) is 0 Å². The minimum absolute atomic E-state index is 0.0622. The number of carbonyl (C=O) groups excluding carboxylic acids is 2. The predicted octanol–water partition coefficient (Wildman–Crippen LogP) is 4.54. The van der Waals surface area contributed by atoms with Crippen molar-refractivity contribution in [1.82, 2.24) is 10.5 Å². The van der Waals surface area contributed by atoms with Gasteiger partial charge < -0.3 is 25.6 Å². The lowest BCUT2D eigenvalue weighted by Crippen LogP contribution is -2.31. The Labute approximate surface area is 196 Å². The average Bonchev–Trinajstić information content (AvgIpc) is 3.35. The van der Waals surface area contributed by atoms with Crippen LogP contribution in [0.3, 0.4) is 0 Å². The first-order valence-corrected chi connectivity index (χ1v) is 11.8. The number of hydrogen-bond acceptors (Lipinski definition) is 7. The number of ether oxygens (including phenoxy) is 1. The standard InChI is InChI=1S/C24H28N4O4S/c1-14(16-6-4-3-5-7-16)10-21(29)27-23-22(25)19-9-8-18(11-20(19)33-23)32-24(30)26-12-17-13-31-28-15(17)2/h3-7,13-14,18H,8-12,25H2,1-2H3,(H,26,30)(H,27,29). The molecule has 0 spiro atoms. The first kappa shape index (κ1) is 22.8. The summed E-state index contributed by atoms with van der Waals surface area (Å²) in [5.74, 6) is 0.0489. The fourth-order valence-corrected chi connectivity index (χ4v) is 5.22. The van der Waals surface area contributed by atoms with Crippen molar-refractivity contribution >= 4 is 34.0 Å². The topological polar surface area (TPSA) is 119 Å². The molecule has 0 aliphatic heterocycles. The molecule has 4 N–H and O–H groups in total. The molecule has 1 aliphatic rings. The summed E-state index contributed by atoms with van der Waals surface area (Å²) >= 11 is 1.47. The number of rotatable bonds is 7. The van der Waals surface area contributed by atoms with Crippen molar-refractivity contribution in [3.05, 3.63) is 63.9 Å². The van der Waals surface area contributed by atoms with Crippen LogP contribution in [-0.2, 0) is 28.9 Å². The van der Waals surface area contributed by atoms with Crippen molar-refractivity contribution in [3.8, 4) is 0 Å². The number of aryl methyl sites for hydroxylation is 1. The number of amides is 2. The number of nitrogens with two attached hydrogens (primary N) is 1. The van der Waals surface area contributed by atoms with Crippen LogP contribution in [-0.4, -0.2) is 23.3 Å². The van der Waals surface area contributed by atoms with Gasteiger partial charge in [-0.25, -0.2) is 4.79 Å². The highest BCUT2D eigenvalue weighted by Gasteiger charge is 2.27. The summed E-state index contributed by atoms with van der Waals surface area (Å²) in [5.41, 5.74) is 10.7. The summed E-state index contributed by atoms with van der Waals surface area (Å²) in [5, 5.41) is 10.2. The predicted molar refractivity (Wildman–Crippen MR) is 127 cm³/mol. The number of nitrogens with one attached hydrogen (secondary N) is 2. The summed E-state index contributed by atoms with van der Waals surface area (Å²) in [4.78, 5) is 25.9. The monoisotopic (exact) mass is 468 g/mol. The number of nitrogen functional groups attached to an aromatic ring is 1. The summed E-state index contributed by atoms with van der Waals surface area (Å²) in [6.45, 7) is 4.15. The molecule has 0 fully saturated rings. The van der Waals surface area contributed by atoms with Crippen molar-refractivity contribution in [3.63, 3.8) is 0 Å². The van der Waals surface area contributed by atoms with Gasteiger partial charge in [-0.3, -0.25) is 4.79 Å². The number of benzene rings is 1. The molecule has 2 atom stereocenters. The van der Waals surface area contributed by atoms with Crippen LogP contribution in [0.4, 0.5) is 15.5 Å². The molecular formula is C24H28N4O4S. The second kappa shape index (κ2) is 10.1. The van der Waals surface area contributed by atoms with E-state index in [1.165, 1.54) is 17.6 Å². The van der Waals surface area contributed by atoms with Crippen LogP contribution in [0.5, 0.6) is 0 Å². The summed E-state index contributed by atoms with van der Waals surface area (Å²) in [6.07, 6.45) is 3.15. The second-order valence-electron chi connectivity index (χ2n) is 8.36. The van der Waals surface area contributed by atoms with E-state index >= 15 is 0 Å². The van der Waals surface area contributed by atoms with Crippen LogP contribution in [0.25, 0.3) is 0 Å². The summed E-state index contributed by atoms with van der Waals surface area (Å²) in [7, 11) is 0. The molecule has 0 saturated heterocycles. The molecule has 33 heavy (non-hydrogen) atoms. The van der Waals surface area contributed by atoms with E-state index in [-0.39, 0.29) is 17.9 Å². The van der Waals surface area contributed by atoms with E-state index in [1.54, 1.807) is 0 Å². The lowest BCUT2D eigenvalue weighted by Gasteiger charge is -2.22. The second-order valence-corrected chi connectivity index (χ2v) is 9.46. The van der Waals surface area contributed by atoms with Crippen LogP contribution < -0.4 is 16.4 Å². The number of nitrogens with zero attached hydrogens (tertiary/aromatic N) is 1. The van der Waals surface area contributed by atoms with Crippen molar-refractivity contribution < 1.29 is 18.8 Å². The van der Waals surface area contributed by atoms with E-state index in [2.05, 4.69) is 15.8 Å². The molecule has 0 bridgehead atoms. The lowest BCUT2D eigenvalue weighted by atomic mass is 9.95. The van der Waals surface area contributed by atoms with Gasteiger partial charge in [0.15, 0.2) is 0 Å². The van der Waals surface area contributed by atoms with E-state index in [4.69, 9.17) is 15.0 Å². The molecule has 0 radical (unpaired) electrons. The van der Waals surface area contributed by atoms with Gasteiger partial charge in [0.25, 0.3) is 0 Å². The zero-order chi connectivity index (χ0) is 23.4. The third-order valence-electron chi connectivity index (χ3n) is 5.92. The summed E-state index contributed by atoms with van der Waals surface area (Å²) in [6, 6.07) is 9.97. The molecule has 9 heteroatoms. The third-order valence-corrected chi connectivity index (χ3v) is 7.11. The average molecular weight is 469 g/mol. The molecule has 2 heterocycles. The van der Waals surface area contributed by atoms with Gasteiger partial charge in [0.1, 0.15) is 17.4 Å². The highest BCUT2D eigenvalue weighted by molar-refractivity contribution is 7.17. The van der Waals surface area contributed by atoms with E-state index in [1.807, 2.05) is 44.2 Å². The van der Waals surface area contributed by atoms with Crippen LogP contribution in [0.1, 0.15) is 52.9 Å². The number of alkyl carbamates (subject to hydrolysis) is 1. The van der Waals surface area contributed by atoms with Crippen molar-refractivity contribution in [1.29, 1.82) is 0 Å². The van der Waals surface area contributed by atoms with Gasteiger partial charge in [0, 0.05) is 23.3 Å². The molecule has 2 unspecified atom stereocenters. The normalized spacial score (nSPS) is 16.0. The molecule has 4 rings (SSSR count). The molecule has 0 saturated carbocycles. The fourth-order valence-electron chi connectivity index (χ4n) is 3.97. The maximum absolute atomic E-state index is 12.6. The van der Waals surface area contributed by atoms with E-state index in [0.717, 1.165) is 27.3 Å². The number of anilines is 2. The molecule has 8 nitrogen and oxygen atoms in total. The van der Waals surface area contributed by atoms with E-state index < -0.39 is 6.09 Å². The molecular weight excluding hydrogens is 440 g/mol. The van der Waals surface area contributed by atoms with Gasteiger partial charge in [0.2, 0.25) is 5.91 Å². The quantitative estimate of drug-likeness (QED) is 0.468. The molecule has 3 aromatic rings. The number of hydrogen-bond donors (Lipinski definition) is 3. The Hall–Kier alpha value is -3.33. The molecule has 1 aromatic carbocycles. The van der Waals surface area contributed by atoms with E-state index in [9.17, 15) is 9.59 Å². The van der Waals surface area contributed by atoms with Gasteiger partial charge in [-0.1, -0.05) is 42.4 Å². The Morgan fingerprint density at radius 2 is 2.12 bits per heavy atom. The van der Waals surface area contributed by atoms with Gasteiger partial charge in [0.05, 0.1) is 17.9 Å². The third kappa shape index (κ3) is 5.54. The minimum Gasteiger partial charge on any atom is -0.446 e. The maximum atomic E-state index is 12.6. The van der Waals surface area contributed by atoms with Crippen molar-refractivity contribution in [2.24, 2.45) is 0 Å². The van der Waals surface area contributed by atoms with E-state index in [0.29, 0.717) is 42.9 Å². The van der Waals surface area contributed by atoms with Crippen LogP contribution >= 0.6 is 11.3 Å². The number of aromatic nitrogens is 1. The fraction of sp³-hybridized carbons (Fsp3) is 0.375. The largest absolute Gasteiger partial charge is 0.446 e. The highest BCUT2D eigenvalue weighted by Crippen LogP contribution is 2.41. The zero-order valence-corrected chi connectivity index (χ0v) is 19.5. The highest BCUT2D eigenvalue weighted by atomic mass is 32.1. The maximum Gasteiger partial charge on any atom is 0.407 e. The Balaban J connectivity index is 1.31. The van der Waals surface area contributed by atoms with Gasteiger partial charge in [-0.15, -0.1) is 11.3 Å². The van der Waals surface area contributed by atoms with Crippen molar-refractivity contribution in [2.75, 3.05) is 11.1 Å². The van der Waals surface area contributed by atoms with Gasteiger partial charge in [-0.05, 0) is 36.8 Å². The van der Waals surface area contributed by atoms with Crippen LogP contribution in [0.15, 0.2) is 41.1 Å². The van der Waals surface area contributed by atoms with Crippen molar-refractivity contribution in [2.45, 2.75) is 58.1 Å². The SMILES string of the molecule is Cc1nocc1CNC(=O)OC1CCc2c(sc(NC(=O)CC(C)c3ccccc3)c2N)C1. The zero-order valence-electron chi connectivity index (χ0n) is 18.7. The molecule has 174 valence electrons. The number of thiophene rings is 1. The number of carbonyl (C=O) groups is 2. The molecule has 2 amide bonds. The lowest BCUT2D eigenvalue weighted by molar-refractivity contribution is -0.116. The smallest absolute Gasteiger partial charge is 0.407 e. The van der Waals surface area contributed by atoms with Crippen LogP contribution in [0, 0.1) is 6.92 Å². The number of fused-ring (bicyclic) bond motifs is 1. The Morgan fingerprint density at radius 1 is 1.33 bits per heavy atom. The summed E-state index contributed by atoms with van der Waals surface area (Å²) < 4.78 is 10.5. The first-order valence-electron chi connectivity index (χ1n) is 11.0.